The molecule has 1 aliphatic heterocycles. The molecular formula is C23H24F3N3O4S. The summed E-state index contributed by atoms with van der Waals surface area (Å²) in [5.41, 5.74) is -0.143. The average Bonchev–Trinajstić information content (AvgIpc) is 3.64. The molecule has 1 heterocycles. The van der Waals surface area contributed by atoms with Crippen LogP contribution in [-0.2, 0) is 25.8 Å². The lowest BCUT2D eigenvalue weighted by Gasteiger charge is -2.31. The Labute approximate surface area is 195 Å². The molecule has 0 unspecified atom stereocenters. The maximum atomic E-state index is 13.3. The van der Waals surface area contributed by atoms with Gasteiger partial charge in [-0.25, -0.2) is 8.42 Å². The van der Waals surface area contributed by atoms with Gasteiger partial charge in [0, 0.05) is 36.3 Å². The van der Waals surface area contributed by atoms with E-state index in [4.69, 9.17) is 0 Å². The molecule has 0 aromatic heterocycles. The van der Waals surface area contributed by atoms with Crippen LogP contribution in [0.4, 0.5) is 24.5 Å². The molecule has 7 nitrogen and oxygen atoms in total. The highest BCUT2D eigenvalue weighted by Crippen LogP contribution is 2.36. The second-order valence-corrected chi connectivity index (χ2v) is 10.4. The molecule has 4 rings (SSSR count). The van der Waals surface area contributed by atoms with E-state index in [-0.39, 0.29) is 43.7 Å². The van der Waals surface area contributed by atoms with Gasteiger partial charge in [0.25, 0.3) is 0 Å². The van der Waals surface area contributed by atoms with Crippen molar-refractivity contribution in [3.63, 3.8) is 0 Å². The highest BCUT2D eigenvalue weighted by atomic mass is 32.2. The Kier molecular flexibility index (Phi) is 6.68. The standard InChI is InChI=1S/C23H24F3N3O4S/c24-23(25,26)19-6-1-2-7-20(19)34(32,33)29-12-10-16(11-13-29)22(31)28-18-5-3-4-17(14-18)27-21(30)15-8-9-15/h1-7,14-16H,8-13H2,(H,27,30)(H,28,31). The third kappa shape index (κ3) is 5.41. The van der Waals surface area contributed by atoms with Crippen molar-refractivity contribution in [1.29, 1.82) is 0 Å². The first kappa shape index (κ1) is 24.2. The van der Waals surface area contributed by atoms with Gasteiger partial charge < -0.3 is 10.6 Å². The van der Waals surface area contributed by atoms with Gasteiger partial charge in [-0.1, -0.05) is 18.2 Å². The lowest BCUT2D eigenvalue weighted by molar-refractivity contribution is -0.140. The maximum absolute atomic E-state index is 13.3. The van der Waals surface area contributed by atoms with Crippen LogP contribution in [0.5, 0.6) is 0 Å². The second kappa shape index (κ2) is 9.38. The Hall–Kier alpha value is -2.92. The molecule has 2 N–H and O–H groups in total. The topological polar surface area (TPSA) is 95.6 Å². The molecule has 34 heavy (non-hydrogen) atoms. The van der Waals surface area contributed by atoms with Gasteiger partial charge in [-0.2, -0.15) is 17.5 Å². The molecular weight excluding hydrogens is 471 g/mol. The number of rotatable bonds is 6. The van der Waals surface area contributed by atoms with Crippen molar-refractivity contribution in [1.82, 2.24) is 4.31 Å². The first-order chi connectivity index (χ1) is 16.1. The van der Waals surface area contributed by atoms with Gasteiger partial charge in [0.2, 0.25) is 21.8 Å². The molecule has 0 spiro atoms. The number of carbonyl (C=O) groups is 2. The van der Waals surface area contributed by atoms with Crippen LogP contribution in [0.25, 0.3) is 0 Å². The van der Waals surface area contributed by atoms with Gasteiger partial charge in [-0.3, -0.25) is 9.59 Å². The SMILES string of the molecule is O=C(Nc1cccc(NC(=O)C2CCN(S(=O)(=O)c3ccccc3C(F)(F)F)CC2)c1)C1CC1. The van der Waals surface area contributed by atoms with Gasteiger partial charge >= 0.3 is 6.18 Å². The number of alkyl halides is 3. The molecule has 2 aromatic carbocycles. The molecule has 1 saturated carbocycles. The quantitative estimate of drug-likeness (QED) is 0.631. The van der Waals surface area contributed by atoms with Crippen LogP contribution in [0.15, 0.2) is 53.4 Å². The molecule has 2 amide bonds. The highest BCUT2D eigenvalue weighted by Gasteiger charge is 2.40. The number of amides is 2. The van der Waals surface area contributed by atoms with E-state index in [9.17, 15) is 31.2 Å². The highest BCUT2D eigenvalue weighted by molar-refractivity contribution is 7.89. The Morgan fingerprint density at radius 1 is 0.824 bits per heavy atom. The third-order valence-corrected chi connectivity index (χ3v) is 7.94. The lowest BCUT2D eigenvalue weighted by Crippen LogP contribution is -2.41. The van der Waals surface area contributed by atoms with Gasteiger partial charge in [0.05, 0.1) is 10.5 Å². The largest absolute Gasteiger partial charge is 0.417 e. The van der Waals surface area contributed by atoms with E-state index in [1.165, 1.54) is 6.07 Å². The normalized spacial score (nSPS) is 17.9. The number of hydrogen-bond acceptors (Lipinski definition) is 4. The first-order valence-corrected chi connectivity index (χ1v) is 12.4. The zero-order valence-electron chi connectivity index (χ0n) is 18.1. The Morgan fingerprint density at radius 2 is 1.35 bits per heavy atom. The zero-order valence-corrected chi connectivity index (χ0v) is 19.0. The predicted molar refractivity (Wildman–Crippen MR) is 119 cm³/mol. The fourth-order valence-corrected chi connectivity index (χ4v) is 5.61. The fourth-order valence-electron chi connectivity index (χ4n) is 3.93. The number of nitrogens with one attached hydrogen (secondary N) is 2. The number of sulfonamides is 1. The van der Waals surface area contributed by atoms with Gasteiger partial charge in [-0.15, -0.1) is 0 Å². The van der Waals surface area contributed by atoms with E-state index in [1.54, 1.807) is 24.3 Å². The zero-order chi connectivity index (χ0) is 24.5. The molecule has 11 heteroatoms. The Morgan fingerprint density at radius 3 is 1.88 bits per heavy atom. The number of nitrogens with zero attached hydrogens (tertiary/aromatic N) is 1. The summed E-state index contributed by atoms with van der Waals surface area (Å²) in [6, 6.07) is 10.8. The number of carbonyl (C=O) groups excluding carboxylic acids is 2. The monoisotopic (exact) mass is 495 g/mol. The lowest BCUT2D eigenvalue weighted by atomic mass is 9.97. The molecule has 0 bridgehead atoms. The van der Waals surface area contributed by atoms with Crippen molar-refractivity contribution in [2.75, 3.05) is 23.7 Å². The van der Waals surface area contributed by atoms with Crippen molar-refractivity contribution in [2.24, 2.45) is 11.8 Å². The molecule has 2 aliphatic rings. The summed E-state index contributed by atoms with van der Waals surface area (Å²) in [4.78, 5) is 23.9. The van der Waals surface area contributed by atoms with E-state index in [2.05, 4.69) is 10.6 Å². The van der Waals surface area contributed by atoms with E-state index >= 15 is 0 Å². The summed E-state index contributed by atoms with van der Waals surface area (Å²) >= 11 is 0. The number of hydrogen-bond donors (Lipinski definition) is 2. The first-order valence-electron chi connectivity index (χ1n) is 10.9. The van der Waals surface area contributed by atoms with Crippen molar-refractivity contribution >= 4 is 33.2 Å². The van der Waals surface area contributed by atoms with Crippen LogP contribution in [0.3, 0.4) is 0 Å². The van der Waals surface area contributed by atoms with Crippen molar-refractivity contribution in [2.45, 2.75) is 36.8 Å². The van der Waals surface area contributed by atoms with Crippen molar-refractivity contribution in [3.05, 3.63) is 54.1 Å². The van der Waals surface area contributed by atoms with Crippen molar-refractivity contribution < 1.29 is 31.2 Å². The second-order valence-electron chi connectivity index (χ2n) is 8.51. The van der Waals surface area contributed by atoms with Crippen LogP contribution in [-0.4, -0.2) is 37.6 Å². The number of halogens is 3. The van der Waals surface area contributed by atoms with Crippen LogP contribution in [0.2, 0.25) is 0 Å². The molecule has 0 radical (unpaired) electrons. The summed E-state index contributed by atoms with van der Waals surface area (Å²) in [6.45, 7) is -0.131. The molecule has 0 atom stereocenters. The van der Waals surface area contributed by atoms with Crippen LogP contribution >= 0.6 is 0 Å². The van der Waals surface area contributed by atoms with Gasteiger partial charge in [0.1, 0.15) is 0 Å². The average molecular weight is 496 g/mol. The van der Waals surface area contributed by atoms with Crippen LogP contribution in [0, 0.1) is 11.8 Å². The predicted octanol–water partition coefficient (Wildman–Crippen LogP) is 4.09. The summed E-state index contributed by atoms with van der Waals surface area (Å²) in [5, 5.41) is 5.58. The summed E-state index contributed by atoms with van der Waals surface area (Å²) in [6.07, 6.45) is -2.69. The van der Waals surface area contributed by atoms with E-state index < -0.39 is 32.6 Å². The summed E-state index contributed by atoms with van der Waals surface area (Å²) < 4.78 is 66.7. The third-order valence-electron chi connectivity index (χ3n) is 5.98. The minimum Gasteiger partial charge on any atom is -0.326 e. The van der Waals surface area contributed by atoms with Crippen LogP contribution in [0.1, 0.15) is 31.2 Å². The van der Waals surface area contributed by atoms with Gasteiger partial charge in [-0.05, 0) is 56.0 Å². The van der Waals surface area contributed by atoms with E-state index in [1.807, 2.05) is 0 Å². The smallest absolute Gasteiger partial charge is 0.326 e. The number of anilines is 2. The maximum Gasteiger partial charge on any atom is 0.417 e. The summed E-state index contributed by atoms with van der Waals surface area (Å²) in [5.74, 6) is -0.806. The molecule has 1 saturated heterocycles. The fraction of sp³-hybridized carbons (Fsp3) is 0.391. The molecule has 182 valence electrons. The van der Waals surface area contributed by atoms with Crippen LogP contribution < -0.4 is 10.6 Å². The van der Waals surface area contributed by atoms with Crippen molar-refractivity contribution in [3.8, 4) is 0 Å². The minimum absolute atomic E-state index is 0.0443. The van der Waals surface area contributed by atoms with E-state index in [0.29, 0.717) is 11.4 Å². The molecule has 2 fully saturated rings. The Balaban J connectivity index is 1.38. The summed E-state index contributed by atoms with van der Waals surface area (Å²) in [7, 11) is -4.36. The van der Waals surface area contributed by atoms with Gasteiger partial charge in [0.15, 0.2) is 0 Å². The minimum atomic E-state index is -4.80. The Bertz CT molecular complexity index is 1190. The van der Waals surface area contributed by atoms with E-state index in [0.717, 1.165) is 35.3 Å². The molecule has 2 aromatic rings. The number of benzene rings is 2. The molecule has 1 aliphatic carbocycles. The number of piperidine rings is 1.